The van der Waals surface area contributed by atoms with E-state index in [9.17, 15) is 9.90 Å². The van der Waals surface area contributed by atoms with E-state index < -0.39 is 11.5 Å². The second-order valence-electron chi connectivity index (χ2n) is 5.42. The van der Waals surface area contributed by atoms with E-state index in [-0.39, 0.29) is 5.91 Å². The first kappa shape index (κ1) is 13.2. The second kappa shape index (κ2) is 4.36. The van der Waals surface area contributed by atoms with E-state index in [1.165, 1.54) is 6.26 Å². The van der Waals surface area contributed by atoms with Gasteiger partial charge in [0, 0.05) is 0 Å². The number of fused-ring (bicyclic) bond motifs is 1. The van der Waals surface area contributed by atoms with Crippen LogP contribution in [-0.2, 0) is 10.2 Å². The van der Waals surface area contributed by atoms with Crippen LogP contribution in [-0.4, -0.2) is 11.0 Å². The number of benzene rings is 1. The molecule has 2 heterocycles. The minimum absolute atomic E-state index is 0.0981. The number of anilines is 1. The molecule has 2 N–H and O–H groups in total. The Hall–Kier alpha value is -1.78. The van der Waals surface area contributed by atoms with Crippen molar-refractivity contribution in [3.8, 4) is 0 Å². The molecule has 0 aliphatic carbocycles. The lowest BCUT2D eigenvalue weighted by molar-refractivity contribution is -0.119. The van der Waals surface area contributed by atoms with E-state index in [0.717, 1.165) is 5.56 Å². The third-order valence-corrected chi connectivity index (χ3v) is 4.02. The first-order valence-corrected chi connectivity index (χ1v) is 6.66. The first-order valence-electron chi connectivity index (χ1n) is 6.28. The summed E-state index contributed by atoms with van der Waals surface area (Å²) in [6.45, 7) is 3.65. The summed E-state index contributed by atoms with van der Waals surface area (Å²) in [4.78, 5) is 12.0. The fourth-order valence-electron chi connectivity index (χ4n) is 2.41. The molecule has 4 nitrogen and oxygen atoms in total. The number of furan rings is 1. The van der Waals surface area contributed by atoms with Crippen LogP contribution >= 0.6 is 11.6 Å². The van der Waals surface area contributed by atoms with Gasteiger partial charge in [0.1, 0.15) is 11.9 Å². The van der Waals surface area contributed by atoms with E-state index in [4.69, 9.17) is 16.0 Å². The largest absolute Gasteiger partial charge is 0.466 e. The number of rotatable bonds is 2. The van der Waals surface area contributed by atoms with E-state index in [1.807, 2.05) is 13.8 Å². The number of hydrogen-bond acceptors (Lipinski definition) is 3. The topological polar surface area (TPSA) is 62.5 Å². The molecule has 1 aromatic heterocycles. The van der Waals surface area contributed by atoms with E-state index >= 15 is 0 Å². The number of aliphatic hydroxyl groups is 1. The number of nitrogens with one attached hydrogen (secondary N) is 1. The van der Waals surface area contributed by atoms with E-state index in [2.05, 4.69) is 5.32 Å². The van der Waals surface area contributed by atoms with Crippen LogP contribution in [0.5, 0.6) is 0 Å². The van der Waals surface area contributed by atoms with Crippen LogP contribution < -0.4 is 5.32 Å². The molecule has 1 aliphatic heterocycles. The lowest BCUT2D eigenvalue weighted by Gasteiger charge is -2.17. The Balaban J connectivity index is 2.11. The standard InChI is InChI=1S/C15H14ClNO3/c1-15(2)9-6-8(13(18)11-4-3-5-20-11)7-10(16)12(9)17-14(15)19/h3-7,13,18H,1-2H3,(H,17,19). The van der Waals surface area contributed by atoms with Gasteiger partial charge in [0.2, 0.25) is 5.91 Å². The van der Waals surface area contributed by atoms with Crippen LogP contribution in [0.25, 0.3) is 0 Å². The predicted octanol–water partition coefficient (Wildman–Crippen LogP) is 3.24. The molecule has 0 fully saturated rings. The highest BCUT2D eigenvalue weighted by atomic mass is 35.5. The van der Waals surface area contributed by atoms with Crippen molar-refractivity contribution >= 4 is 23.2 Å². The molecular weight excluding hydrogens is 278 g/mol. The quantitative estimate of drug-likeness (QED) is 0.893. The Morgan fingerprint density at radius 1 is 1.40 bits per heavy atom. The molecule has 2 aromatic rings. The molecule has 0 saturated heterocycles. The molecule has 0 bridgehead atoms. The summed E-state index contributed by atoms with van der Waals surface area (Å²) in [6, 6.07) is 6.85. The Morgan fingerprint density at radius 2 is 2.15 bits per heavy atom. The molecule has 1 amide bonds. The van der Waals surface area contributed by atoms with Crippen LogP contribution in [0.3, 0.4) is 0 Å². The van der Waals surface area contributed by atoms with Crippen molar-refractivity contribution in [3.63, 3.8) is 0 Å². The summed E-state index contributed by atoms with van der Waals surface area (Å²) in [6.07, 6.45) is 0.599. The van der Waals surface area contributed by atoms with Gasteiger partial charge in [0.25, 0.3) is 0 Å². The normalized spacial score (nSPS) is 17.7. The zero-order valence-corrected chi connectivity index (χ0v) is 11.9. The minimum Gasteiger partial charge on any atom is -0.466 e. The maximum absolute atomic E-state index is 12.0. The molecule has 0 spiro atoms. The molecule has 104 valence electrons. The lowest BCUT2D eigenvalue weighted by Crippen LogP contribution is -2.26. The SMILES string of the molecule is CC1(C)C(=O)Nc2c(Cl)cc(C(O)c3ccco3)cc21. The van der Waals surface area contributed by atoms with Gasteiger partial charge in [-0.15, -0.1) is 0 Å². The van der Waals surface area contributed by atoms with Crippen molar-refractivity contribution in [1.29, 1.82) is 0 Å². The number of amides is 1. The Labute approximate surface area is 121 Å². The van der Waals surface area contributed by atoms with Crippen molar-refractivity contribution in [2.75, 3.05) is 5.32 Å². The molecule has 0 radical (unpaired) electrons. The van der Waals surface area contributed by atoms with Gasteiger partial charge in [-0.3, -0.25) is 4.79 Å². The van der Waals surface area contributed by atoms with Gasteiger partial charge in [0.15, 0.2) is 0 Å². The number of carbonyl (C=O) groups excluding carboxylic acids is 1. The Bertz CT molecular complexity index is 677. The monoisotopic (exact) mass is 291 g/mol. The Morgan fingerprint density at radius 3 is 2.80 bits per heavy atom. The molecule has 1 atom stereocenters. The summed E-state index contributed by atoms with van der Waals surface area (Å²) in [7, 11) is 0. The summed E-state index contributed by atoms with van der Waals surface area (Å²) >= 11 is 6.22. The molecule has 1 aromatic carbocycles. The predicted molar refractivity (Wildman–Crippen MR) is 75.9 cm³/mol. The molecule has 1 aliphatic rings. The zero-order chi connectivity index (χ0) is 14.5. The van der Waals surface area contributed by atoms with Gasteiger partial charge in [0.05, 0.1) is 22.4 Å². The molecule has 20 heavy (non-hydrogen) atoms. The molecule has 1 unspecified atom stereocenters. The highest BCUT2D eigenvalue weighted by Crippen LogP contribution is 2.43. The average molecular weight is 292 g/mol. The smallest absolute Gasteiger partial charge is 0.234 e. The van der Waals surface area contributed by atoms with Crippen molar-refractivity contribution in [2.45, 2.75) is 25.4 Å². The number of aliphatic hydroxyl groups excluding tert-OH is 1. The van der Waals surface area contributed by atoms with Crippen LogP contribution in [0.2, 0.25) is 5.02 Å². The highest BCUT2D eigenvalue weighted by molar-refractivity contribution is 6.35. The maximum Gasteiger partial charge on any atom is 0.234 e. The molecule has 5 heteroatoms. The van der Waals surface area contributed by atoms with Crippen molar-refractivity contribution in [1.82, 2.24) is 0 Å². The summed E-state index contributed by atoms with van der Waals surface area (Å²) in [5.74, 6) is 0.343. The van der Waals surface area contributed by atoms with E-state index in [1.54, 1.807) is 24.3 Å². The summed E-state index contributed by atoms with van der Waals surface area (Å²) in [5, 5.41) is 13.5. The van der Waals surface area contributed by atoms with Crippen LogP contribution in [0.4, 0.5) is 5.69 Å². The fraction of sp³-hybridized carbons (Fsp3) is 0.267. The van der Waals surface area contributed by atoms with Gasteiger partial charge in [-0.05, 0) is 49.2 Å². The van der Waals surface area contributed by atoms with Gasteiger partial charge in [-0.2, -0.15) is 0 Å². The van der Waals surface area contributed by atoms with Crippen molar-refractivity contribution < 1.29 is 14.3 Å². The van der Waals surface area contributed by atoms with Crippen LogP contribution in [0, 0.1) is 0 Å². The van der Waals surface area contributed by atoms with Crippen molar-refractivity contribution in [2.24, 2.45) is 0 Å². The van der Waals surface area contributed by atoms with Gasteiger partial charge >= 0.3 is 0 Å². The fourth-order valence-corrected chi connectivity index (χ4v) is 2.68. The first-order chi connectivity index (χ1) is 9.41. The lowest BCUT2D eigenvalue weighted by atomic mass is 9.85. The second-order valence-corrected chi connectivity index (χ2v) is 5.83. The summed E-state index contributed by atoms with van der Waals surface area (Å²) in [5.41, 5.74) is 1.35. The number of carbonyl (C=O) groups is 1. The average Bonchev–Trinajstić information content (AvgIpc) is 2.99. The number of hydrogen-bond donors (Lipinski definition) is 2. The van der Waals surface area contributed by atoms with Crippen LogP contribution in [0.15, 0.2) is 34.9 Å². The van der Waals surface area contributed by atoms with Gasteiger partial charge in [-0.1, -0.05) is 11.6 Å². The number of halogens is 1. The molecule has 0 saturated carbocycles. The third-order valence-electron chi connectivity index (χ3n) is 3.72. The zero-order valence-electron chi connectivity index (χ0n) is 11.1. The van der Waals surface area contributed by atoms with E-state index in [0.29, 0.717) is 22.0 Å². The van der Waals surface area contributed by atoms with Crippen molar-refractivity contribution in [3.05, 3.63) is 52.4 Å². The summed E-state index contributed by atoms with van der Waals surface area (Å²) < 4.78 is 5.21. The third kappa shape index (κ3) is 1.84. The minimum atomic E-state index is -0.903. The highest BCUT2D eigenvalue weighted by Gasteiger charge is 2.40. The molecular formula is C15H14ClNO3. The van der Waals surface area contributed by atoms with Crippen LogP contribution in [0.1, 0.15) is 36.8 Å². The van der Waals surface area contributed by atoms with Gasteiger partial charge < -0.3 is 14.8 Å². The molecule has 3 rings (SSSR count). The van der Waals surface area contributed by atoms with Gasteiger partial charge in [-0.25, -0.2) is 0 Å². The maximum atomic E-state index is 12.0. The Kier molecular flexibility index (Phi) is 2.88.